The van der Waals surface area contributed by atoms with Gasteiger partial charge in [-0.15, -0.1) is 0 Å². The van der Waals surface area contributed by atoms with Crippen LogP contribution in [0.4, 0.5) is 5.69 Å². The third-order valence-corrected chi connectivity index (χ3v) is 6.14. The van der Waals surface area contributed by atoms with E-state index in [1.807, 2.05) is 6.92 Å². The molecule has 1 aromatic rings. The molecule has 0 bridgehead atoms. The van der Waals surface area contributed by atoms with E-state index in [0.29, 0.717) is 11.3 Å². The third-order valence-electron chi connectivity index (χ3n) is 4.58. The minimum Gasteiger partial charge on any atom is -0.326 e. The van der Waals surface area contributed by atoms with E-state index >= 15 is 0 Å². The Hall–Kier alpha value is -1.44. The quantitative estimate of drug-likeness (QED) is 0.778. The standard InChI is InChI=1S/C16H25N3O3S/c1-11-7-8-12(10-14(11)23(21,22)18-3)19-15(20)13-6-4-5-9-16(13,2)17/h7-8,10,13,18H,4-6,9,17H2,1-3H3,(H,19,20). The van der Waals surface area contributed by atoms with Crippen LogP contribution in [0.3, 0.4) is 0 Å². The molecule has 1 amide bonds. The molecule has 4 N–H and O–H groups in total. The number of nitrogens with two attached hydrogens (primary N) is 1. The second kappa shape index (κ2) is 6.59. The maximum absolute atomic E-state index is 12.5. The highest BCUT2D eigenvalue weighted by Gasteiger charge is 2.37. The van der Waals surface area contributed by atoms with Crippen LogP contribution in [-0.2, 0) is 14.8 Å². The van der Waals surface area contributed by atoms with E-state index in [0.717, 1.165) is 25.7 Å². The summed E-state index contributed by atoms with van der Waals surface area (Å²) in [4.78, 5) is 12.7. The Balaban J connectivity index is 2.24. The minimum absolute atomic E-state index is 0.147. The average molecular weight is 339 g/mol. The van der Waals surface area contributed by atoms with Gasteiger partial charge < -0.3 is 11.1 Å². The molecule has 1 saturated carbocycles. The normalized spacial score (nSPS) is 25.1. The molecule has 0 heterocycles. The number of carbonyl (C=O) groups is 1. The molecule has 128 valence electrons. The molecular weight excluding hydrogens is 314 g/mol. The SMILES string of the molecule is CNS(=O)(=O)c1cc(NC(=O)C2CCCCC2(C)N)ccc1C. The Morgan fingerprint density at radius 1 is 1.35 bits per heavy atom. The first-order valence-corrected chi connectivity index (χ1v) is 9.29. The van der Waals surface area contributed by atoms with E-state index in [4.69, 9.17) is 5.73 Å². The van der Waals surface area contributed by atoms with Gasteiger partial charge in [0.1, 0.15) is 0 Å². The Bertz CT molecular complexity index is 699. The Labute approximate surface area is 137 Å². The Morgan fingerprint density at radius 2 is 2.04 bits per heavy atom. The molecule has 0 aromatic heterocycles. The maximum atomic E-state index is 12.5. The fraction of sp³-hybridized carbons (Fsp3) is 0.562. The topological polar surface area (TPSA) is 101 Å². The van der Waals surface area contributed by atoms with Gasteiger partial charge in [0.25, 0.3) is 0 Å². The van der Waals surface area contributed by atoms with Gasteiger partial charge in [0.2, 0.25) is 15.9 Å². The number of benzene rings is 1. The van der Waals surface area contributed by atoms with Crippen molar-refractivity contribution in [3.63, 3.8) is 0 Å². The van der Waals surface area contributed by atoms with Crippen LogP contribution in [0.2, 0.25) is 0 Å². The summed E-state index contributed by atoms with van der Waals surface area (Å²) in [5, 5.41) is 2.82. The number of sulfonamides is 1. The lowest BCUT2D eigenvalue weighted by atomic mass is 9.74. The van der Waals surface area contributed by atoms with E-state index in [-0.39, 0.29) is 16.7 Å². The van der Waals surface area contributed by atoms with Crippen LogP contribution in [0.1, 0.15) is 38.2 Å². The highest BCUT2D eigenvalue weighted by Crippen LogP contribution is 2.32. The van der Waals surface area contributed by atoms with E-state index in [1.165, 1.54) is 13.1 Å². The summed E-state index contributed by atoms with van der Waals surface area (Å²) in [6, 6.07) is 4.87. The van der Waals surface area contributed by atoms with Crippen molar-refractivity contribution in [3.8, 4) is 0 Å². The minimum atomic E-state index is -3.56. The molecule has 2 atom stereocenters. The van der Waals surface area contributed by atoms with Crippen LogP contribution < -0.4 is 15.8 Å². The van der Waals surface area contributed by atoms with Crippen molar-refractivity contribution in [2.75, 3.05) is 12.4 Å². The van der Waals surface area contributed by atoms with Crippen molar-refractivity contribution in [1.82, 2.24) is 4.72 Å². The van der Waals surface area contributed by atoms with E-state index in [2.05, 4.69) is 10.0 Å². The van der Waals surface area contributed by atoms with E-state index in [1.54, 1.807) is 19.1 Å². The number of hydrogen-bond acceptors (Lipinski definition) is 4. The predicted octanol–water partition coefficient (Wildman–Crippen LogP) is 1.75. The van der Waals surface area contributed by atoms with Gasteiger partial charge in [0.15, 0.2) is 0 Å². The first-order chi connectivity index (χ1) is 10.7. The Morgan fingerprint density at radius 3 is 2.65 bits per heavy atom. The highest BCUT2D eigenvalue weighted by molar-refractivity contribution is 7.89. The molecule has 0 radical (unpaired) electrons. The van der Waals surface area contributed by atoms with Crippen molar-refractivity contribution in [2.24, 2.45) is 11.7 Å². The molecule has 0 spiro atoms. The molecule has 2 unspecified atom stereocenters. The zero-order valence-corrected chi connectivity index (χ0v) is 14.7. The largest absolute Gasteiger partial charge is 0.326 e. The lowest BCUT2D eigenvalue weighted by Gasteiger charge is -2.37. The molecule has 1 fully saturated rings. The van der Waals surface area contributed by atoms with E-state index < -0.39 is 15.6 Å². The molecule has 0 saturated heterocycles. The summed E-state index contributed by atoms with van der Waals surface area (Å²) < 4.78 is 26.3. The first-order valence-electron chi connectivity index (χ1n) is 7.81. The number of carbonyl (C=O) groups excluding carboxylic acids is 1. The van der Waals surface area contributed by atoms with Crippen LogP contribution in [0.15, 0.2) is 23.1 Å². The molecule has 1 aliphatic carbocycles. The summed E-state index contributed by atoms with van der Waals surface area (Å²) in [5.41, 5.74) is 6.83. The Kier molecular flexibility index (Phi) is 5.13. The number of anilines is 1. The average Bonchev–Trinajstić information content (AvgIpc) is 2.48. The molecule has 2 rings (SSSR count). The molecular formula is C16H25N3O3S. The van der Waals surface area contributed by atoms with Gasteiger partial charge in [-0.3, -0.25) is 4.79 Å². The summed E-state index contributed by atoms with van der Waals surface area (Å²) in [5.74, 6) is -0.409. The van der Waals surface area contributed by atoms with Crippen molar-refractivity contribution in [2.45, 2.75) is 50.0 Å². The molecule has 1 aliphatic rings. The monoisotopic (exact) mass is 339 g/mol. The van der Waals surface area contributed by atoms with E-state index in [9.17, 15) is 13.2 Å². The number of rotatable bonds is 4. The van der Waals surface area contributed by atoms with Crippen molar-refractivity contribution in [3.05, 3.63) is 23.8 Å². The van der Waals surface area contributed by atoms with Crippen LogP contribution in [0.25, 0.3) is 0 Å². The van der Waals surface area contributed by atoms with Gasteiger partial charge >= 0.3 is 0 Å². The number of hydrogen-bond donors (Lipinski definition) is 3. The molecule has 6 nitrogen and oxygen atoms in total. The van der Waals surface area contributed by atoms with Crippen molar-refractivity contribution in [1.29, 1.82) is 0 Å². The van der Waals surface area contributed by atoms with Gasteiger partial charge in [0, 0.05) is 11.2 Å². The van der Waals surface area contributed by atoms with Gasteiger partial charge in [-0.2, -0.15) is 0 Å². The second-order valence-electron chi connectivity index (χ2n) is 6.48. The molecule has 1 aromatic carbocycles. The third kappa shape index (κ3) is 3.91. The van der Waals surface area contributed by atoms with Crippen molar-refractivity contribution < 1.29 is 13.2 Å². The fourth-order valence-electron chi connectivity index (χ4n) is 3.10. The number of amides is 1. The van der Waals surface area contributed by atoms with Crippen LogP contribution in [0, 0.1) is 12.8 Å². The lowest BCUT2D eigenvalue weighted by Crippen LogP contribution is -2.51. The zero-order valence-electron chi connectivity index (χ0n) is 13.8. The van der Waals surface area contributed by atoms with Crippen LogP contribution in [0.5, 0.6) is 0 Å². The smallest absolute Gasteiger partial charge is 0.240 e. The lowest BCUT2D eigenvalue weighted by molar-refractivity contribution is -0.122. The number of aryl methyl sites for hydroxylation is 1. The zero-order chi connectivity index (χ0) is 17.3. The van der Waals surface area contributed by atoms with Gasteiger partial charge in [0.05, 0.1) is 10.8 Å². The van der Waals surface area contributed by atoms with Gasteiger partial charge in [-0.1, -0.05) is 18.9 Å². The van der Waals surface area contributed by atoms with Crippen LogP contribution in [-0.4, -0.2) is 26.9 Å². The van der Waals surface area contributed by atoms with Gasteiger partial charge in [-0.25, -0.2) is 13.1 Å². The second-order valence-corrected chi connectivity index (χ2v) is 8.34. The number of nitrogens with one attached hydrogen (secondary N) is 2. The van der Waals surface area contributed by atoms with Crippen LogP contribution >= 0.6 is 0 Å². The summed E-state index contributed by atoms with van der Waals surface area (Å²) in [6.45, 7) is 3.62. The molecule has 7 heteroatoms. The van der Waals surface area contributed by atoms with Gasteiger partial charge in [-0.05, 0) is 51.4 Å². The fourth-order valence-corrected chi connectivity index (χ4v) is 4.09. The summed E-state index contributed by atoms with van der Waals surface area (Å²) in [7, 11) is -2.20. The first kappa shape index (κ1) is 17.9. The summed E-state index contributed by atoms with van der Waals surface area (Å²) in [6.07, 6.45) is 3.59. The molecule has 23 heavy (non-hydrogen) atoms. The summed E-state index contributed by atoms with van der Waals surface area (Å²) >= 11 is 0. The van der Waals surface area contributed by atoms with Crippen molar-refractivity contribution >= 4 is 21.6 Å². The molecule has 0 aliphatic heterocycles. The maximum Gasteiger partial charge on any atom is 0.240 e. The highest BCUT2D eigenvalue weighted by atomic mass is 32.2. The predicted molar refractivity (Wildman–Crippen MR) is 90.6 cm³/mol.